The third-order valence-corrected chi connectivity index (χ3v) is 3.31. The Morgan fingerprint density at radius 1 is 1.29 bits per heavy atom. The summed E-state index contributed by atoms with van der Waals surface area (Å²) in [6, 6.07) is 8.71. The van der Waals surface area contributed by atoms with Crippen molar-refractivity contribution in [3.63, 3.8) is 0 Å². The van der Waals surface area contributed by atoms with Crippen LogP contribution in [0.2, 0.25) is 0 Å². The first-order valence-electron chi connectivity index (χ1n) is 4.64. The third-order valence-electron chi connectivity index (χ3n) is 2.79. The van der Waals surface area contributed by atoms with Crippen molar-refractivity contribution < 1.29 is 4.79 Å². The van der Waals surface area contributed by atoms with Crippen LogP contribution >= 0.6 is 15.9 Å². The summed E-state index contributed by atoms with van der Waals surface area (Å²) in [7, 11) is 0. The Morgan fingerprint density at radius 3 is 2.07 bits per heavy atom. The van der Waals surface area contributed by atoms with E-state index < -0.39 is 0 Å². The molecule has 1 fully saturated rings. The van der Waals surface area contributed by atoms with Crippen molar-refractivity contribution in [2.75, 3.05) is 0 Å². The van der Waals surface area contributed by atoms with E-state index in [9.17, 15) is 0 Å². The van der Waals surface area contributed by atoms with Crippen LogP contribution in [0.25, 0.3) is 0 Å². The molecule has 0 N–H and O–H groups in total. The number of rotatable bonds is 1. The van der Waals surface area contributed by atoms with E-state index >= 15 is 0 Å². The zero-order chi connectivity index (χ0) is 10.8. The monoisotopic (exact) mass is 254 g/mol. The maximum absolute atomic E-state index is 8.00. The second-order valence-corrected chi connectivity index (χ2v) is 5.21. The van der Waals surface area contributed by atoms with Gasteiger partial charge in [-0.3, -0.25) is 0 Å². The Balaban J connectivity index is 0.000000461. The molecule has 0 aliphatic heterocycles. The summed E-state index contributed by atoms with van der Waals surface area (Å²) < 4.78 is 1.17. The second-order valence-electron chi connectivity index (χ2n) is 4.30. The fourth-order valence-corrected chi connectivity index (χ4v) is 2.00. The first-order chi connectivity index (χ1) is 6.59. The molecule has 2 heteroatoms. The van der Waals surface area contributed by atoms with Crippen molar-refractivity contribution >= 4 is 22.7 Å². The molecule has 1 saturated carbocycles. The minimum atomic E-state index is 0.549. The molecular formula is C12H15BrO. The first kappa shape index (κ1) is 11.4. The van der Waals surface area contributed by atoms with Crippen LogP contribution in [-0.2, 0) is 4.79 Å². The first-order valence-corrected chi connectivity index (χ1v) is 5.43. The van der Waals surface area contributed by atoms with Crippen LogP contribution in [0.4, 0.5) is 0 Å². The maximum atomic E-state index is 8.00. The topological polar surface area (TPSA) is 17.1 Å². The number of benzene rings is 1. The summed E-state index contributed by atoms with van der Waals surface area (Å²) in [6.07, 6.45) is 1.34. The highest BCUT2D eigenvalue weighted by Gasteiger charge is 2.46. The molecule has 0 aromatic heterocycles. The lowest BCUT2D eigenvalue weighted by atomic mass is 10.0. The molecule has 0 spiro atoms. The van der Waals surface area contributed by atoms with Crippen molar-refractivity contribution in [3.05, 3.63) is 34.3 Å². The number of carbonyl (C=O) groups excluding carboxylic acids is 1. The number of carbonyl (C=O) groups is 1. The number of hydrogen-bond donors (Lipinski definition) is 0. The molecule has 1 aliphatic rings. The molecule has 0 saturated heterocycles. The summed E-state index contributed by atoms with van der Waals surface area (Å²) >= 11 is 3.44. The van der Waals surface area contributed by atoms with Crippen LogP contribution in [0, 0.1) is 5.41 Å². The van der Waals surface area contributed by atoms with Gasteiger partial charge in [-0.25, -0.2) is 0 Å². The molecule has 1 unspecified atom stereocenters. The molecule has 1 atom stereocenters. The fourth-order valence-electron chi connectivity index (χ4n) is 1.73. The minimum absolute atomic E-state index is 0.549. The lowest BCUT2D eigenvalue weighted by Gasteiger charge is -2.02. The van der Waals surface area contributed by atoms with Gasteiger partial charge < -0.3 is 4.79 Å². The average Bonchev–Trinajstić information content (AvgIpc) is 2.80. The highest BCUT2D eigenvalue weighted by Crippen LogP contribution is 2.58. The Morgan fingerprint density at radius 2 is 1.71 bits per heavy atom. The second kappa shape index (κ2) is 4.26. The Hall–Kier alpha value is -0.630. The zero-order valence-corrected chi connectivity index (χ0v) is 10.2. The molecule has 0 radical (unpaired) electrons. The van der Waals surface area contributed by atoms with Gasteiger partial charge >= 0.3 is 0 Å². The molecule has 1 aromatic carbocycles. The van der Waals surface area contributed by atoms with Gasteiger partial charge in [0.25, 0.3) is 0 Å². The minimum Gasteiger partial charge on any atom is -0.307 e. The standard InChI is InChI=1S/C11H13Br.CH2O/c1-11(2)7-10(11)8-3-5-9(12)6-4-8;1-2/h3-6,10H,7H2,1-2H3;1H2. The predicted molar refractivity (Wildman–Crippen MR) is 62.4 cm³/mol. The van der Waals surface area contributed by atoms with Gasteiger partial charge in [0.2, 0.25) is 0 Å². The van der Waals surface area contributed by atoms with E-state index in [0.29, 0.717) is 5.41 Å². The maximum Gasteiger partial charge on any atom is 0.106 e. The van der Waals surface area contributed by atoms with Crippen LogP contribution in [0.5, 0.6) is 0 Å². The zero-order valence-electron chi connectivity index (χ0n) is 8.59. The lowest BCUT2D eigenvalue weighted by Crippen LogP contribution is -1.88. The normalized spacial score (nSPS) is 22.1. The summed E-state index contributed by atoms with van der Waals surface area (Å²) in [5.41, 5.74) is 2.04. The summed E-state index contributed by atoms with van der Waals surface area (Å²) in [5.74, 6) is 0.797. The number of hydrogen-bond acceptors (Lipinski definition) is 1. The molecule has 1 nitrogen and oxygen atoms in total. The van der Waals surface area contributed by atoms with Crippen molar-refractivity contribution in [3.8, 4) is 0 Å². The molecule has 0 heterocycles. The molecule has 2 rings (SSSR count). The van der Waals surface area contributed by atoms with E-state index in [1.165, 1.54) is 16.5 Å². The van der Waals surface area contributed by atoms with Crippen molar-refractivity contribution in [1.29, 1.82) is 0 Å². The third kappa shape index (κ3) is 2.44. The highest BCUT2D eigenvalue weighted by atomic mass is 79.9. The van der Waals surface area contributed by atoms with E-state index in [1.54, 1.807) is 0 Å². The Labute approximate surface area is 93.7 Å². The smallest absolute Gasteiger partial charge is 0.106 e. The van der Waals surface area contributed by atoms with Gasteiger partial charge in [-0.2, -0.15) is 0 Å². The van der Waals surface area contributed by atoms with Gasteiger partial charge in [0.1, 0.15) is 6.79 Å². The highest BCUT2D eigenvalue weighted by molar-refractivity contribution is 9.10. The summed E-state index contributed by atoms with van der Waals surface area (Å²) in [5, 5.41) is 0. The van der Waals surface area contributed by atoms with Crippen LogP contribution < -0.4 is 0 Å². The molecule has 76 valence electrons. The molecule has 0 amide bonds. The van der Waals surface area contributed by atoms with E-state index in [1.807, 2.05) is 6.79 Å². The van der Waals surface area contributed by atoms with Crippen LogP contribution in [0.3, 0.4) is 0 Å². The molecule has 0 bridgehead atoms. The van der Waals surface area contributed by atoms with Gasteiger partial charge in [-0.1, -0.05) is 41.9 Å². The van der Waals surface area contributed by atoms with Gasteiger partial charge in [0, 0.05) is 4.47 Å². The van der Waals surface area contributed by atoms with Crippen LogP contribution in [0.15, 0.2) is 28.7 Å². The summed E-state index contributed by atoms with van der Waals surface area (Å²) in [6.45, 7) is 6.67. The van der Waals surface area contributed by atoms with E-state index in [0.717, 1.165) is 5.92 Å². The fraction of sp³-hybridized carbons (Fsp3) is 0.417. The predicted octanol–water partition coefficient (Wildman–Crippen LogP) is 3.78. The van der Waals surface area contributed by atoms with E-state index in [-0.39, 0.29) is 0 Å². The molecule has 14 heavy (non-hydrogen) atoms. The van der Waals surface area contributed by atoms with Gasteiger partial charge in [0.05, 0.1) is 0 Å². The van der Waals surface area contributed by atoms with Gasteiger partial charge in [0.15, 0.2) is 0 Å². The van der Waals surface area contributed by atoms with Crippen molar-refractivity contribution in [1.82, 2.24) is 0 Å². The van der Waals surface area contributed by atoms with Crippen LogP contribution in [-0.4, -0.2) is 6.79 Å². The van der Waals surface area contributed by atoms with Gasteiger partial charge in [-0.15, -0.1) is 0 Å². The SMILES string of the molecule is C=O.CC1(C)CC1c1ccc(Br)cc1. The molecule has 1 aliphatic carbocycles. The summed E-state index contributed by atoms with van der Waals surface area (Å²) in [4.78, 5) is 8.00. The Kier molecular flexibility index (Phi) is 3.48. The largest absolute Gasteiger partial charge is 0.307 e. The van der Waals surface area contributed by atoms with Gasteiger partial charge in [-0.05, 0) is 35.4 Å². The van der Waals surface area contributed by atoms with E-state index in [4.69, 9.17) is 4.79 Å². The lowest BCUT2D eigenvalue weighted by molar-refractivity contribution is -0.0979. The molecule has 1 aromatic rings. The molecular weight excluding hydrogens is 240 g/mol. The van der Waals surface area contributed by atoms with Crippen molar-refractivity contribution in [2.45, 2.75) is 26.2 Å². The Bertz CT molecular complexity index is 303. The van der Waals surface area contributed by atoms with Crippen LogP contribution in [0.1, 0.15) is 31.7 Å². The quantitative estimate of drug-likeness (QED) is 0.746. The average molecular weight is 255 g/mol. The number of halogens is 1. The van der Waals surface area contributed by atoms with Crippen molar-refractivity contribution in [2.24, 2.45) is 5.41 Å². The van der Waals surface area contributed by atoms with E-state index in [2.05, 4.69) is 54.0 Å².